The van der Waals surface area contributed by atoms with Gasteiger partial charge in [-0.25, -0.2) is 0 Å². The molecule has 0 saturated heterocycles. The lowest BCUT2D eigenvalue weighted by Gasteiger charge is -2.09. The number of nitro benzene ring substituents is 1. The van der Waals surface area contributed by atoms with Crippen molar-refractivity contribution >= 4 is 23.3 Å². The van der Waals surface area contributed by atoms with E-state index in [0.29, 0.717) is 5.75 Å². The molecule has 0 fully saturated rings. The third kappa shape index (κ3) is 5.04. The summed E-state index contributed by atoms with van der Waals surface area (Å²) in [5, 5.41) is 13.4. The standard InChI is InChI=1S/C18H18N2O6/c1-12-5-3-4-6-13(12)9-18(22)26-11-17(21)19-15-8-7-14(25-2)10-16(15)20(23)24/h3-8,10H,9,11H2,1-2H3,(H,19,21). The fourth-order valence-corrected chi connectivity index (χ4v) is 2.24. The van der Waals surface area contributed by atoms with Crippen molar-refractivity contribution < 1.29 is 24.0 Å². The van der Waals surface area contributed by atoms with Crippen molar-refractivity contribution in [3.8, 4) is 5.75 Å². The Hall–Kier alpha value is -3.42. The second-order valence-electron chi connectivity index (χ2n) is 5.45. The summed E-state index contributed by atoms with van der Waals surface area (Å²) in [5.74, 6) is -0.936. The highest BCUT2D eigenvalue weighted by atomic mass is 16.6. The van der Waals surface area contributed by atoms with Gasteiger partial charge < -0.3 is 14.8 Å². The molecule has 0 bridgehead atoms. The molecule has 2 rings (SSSR count). The van der Waals surface area contributed by atoms with E-state index in [2.05, 4.69) is 5.32 Å². The number of carbonyl (C=O) groups is 2. The minimum atomic E-state index is -0.670. The number of methoxy groups -OCH3 is 1. The number of ether oxygens (including phenoxy) is 2. The lowest BCUT2D eigenvalue weighted by Crippen LogP contribution is -2.22. The maximum atomic E-state index is 11.9. The Morgan fingerprint density at radius 1 is 1.19 bits per heavy atom. The number of nitro groups is 1. The van der Waals surface area contributed by atoms with Crippen molar-refractivity contribution in [2.75, 3.05) is 19.0 Å². The summed E-state index contributed by atoms with van der Waals surface area (Å²) in [6.45, 7) is 1.34. The first-order valence-corrected chi connectivity index (χ1v) is 7.73. The van der Waals surface area contributed by atoms with Gasteiger partial charge in [0.15, 0.2) is 6.61 Å². The largest absolute Gasteiger partial charge is 0.496 e. The average Bonchev–Trinajstić information content (AvgIpc) is 2.62. The van der Waals surface area contributed by atoms with Crippen LogP contribution in [0.5, 0.6) is 5.75 Å². The van der Waals surface area contributed by atoms with Crippen molar-refractivity contribution in [3.63, 3.8) is 0 Å². The minimum absolute atomic E-state index is 0.00393. The summed E-state index contributed by atoms with van der Waals surface area (Å²) >= 11 is 0. The van der Waals surface area contributed by atoms with Gasteiger partial charge in [0.25, 0.3) is 11.6 Å². The van der Waals surface area contributed by atoms with E-state index in [9.17, 15) is 19.7 Å². The van der Waals surface area contributed by atoms with Crippen LogP contribution in [0.2, 0.25) is 0 Å². The molecule has 0 heterocycles. The Morgan fingerprint density at radius 3 is 2.58 bits per heavy atom. The number of nitrogens with zero attached hydrogens (tertiary/aromatic N) is 1. The van der Waals surface area contributed by atoms with Gasteiger partial charge in [-0.2, -0.15) is 0 Å². The molecule has 0 aliphatic carbocycles. The van der Waals surface area contributed by atoms with Crippen LogP contribution in [-0.4, -0.2) is 30.5 Å². The van der Waals surface area contributed by atoms with Crippen LogP contribution in [0.3, 0.4) is 0 Å². The number of esters is 1. The Balaban J connectivity index is 1.94. The second kappa shape index (κ2) is 8.61. The van der Waals surface area contributed by atoms with E-state index in [-0.39, 0.29) is 17.8 Å². The minimum Gasteiger partial charge on any atom is -0.496 e. The Morgan fingerprint density at radius 2 is 1.92 bits per heavy atom. The first-order valence-electron chi connectivity index (χ1n) is 7.73. The summed E-state index contributed by atoms with van der Waals surface area (Å²) in [6, 6.07) is 11.4. The van der Waals surface area contributed by atoms with Gasteiger partial charge in [-0.15, -0.1) is 0 Å². The van der Waals surface area contributed by atoms with Crippen LogP contribution in [0.4, 0.5) is 11.4 Å². The smallest absolute Gasteiger partial charge is 0.310 e. The van der Waals surface area contributed by atoms with Crippen molar-refractivity contribution in [2.24, 2.45) is 0 Å². The number of carbonyl (C=O) groups excluding carboxylic acids is 2. The van der Waals surface area contributed by atoms with Crippen LogP contribution in [0.15, 0.2) is 42.5 Å². The number of rotatable bonds is 7. The van der Waals surface area contributed by atoms with Crippen LogP contribution in [-0.2, 0) is 20.7 Å². The maximum absolute atomic E-state index is 11.9. The van der Waals surface area contributed by atoms with Crippen LogP contribution in [0, 0.1) is 17.0 Å². The van der Waals surface area contributed by atoms with E-state index in [0.717, 1.165) is 11.1 Å². The zero-order chi connectivity index (χ0) is 19.1. The van der Waals surface area contributed by atoms with E-state index in [1.54, 1.807) is 6.07 Å². The number of benzene rings is 2. The van der Waals surface area contributed by atoms with Crippen LogP contribution in [0.25, 0.3) is 0 Å². The number of anilines is 1. The normalized spacial score (nSPS) is 10.1. The number of nitrogens with one attached hydrogen (secondary N) is 1. The van der Waals surface area contributed by atoms with Gasteiger partial charge >= 0.3 is 5.97 Å². The highest BCUT2D eigenvalue weighted by Crippen LogP contribution is 2.28. The van der Waals surface area contributed by atoms with Gasteiger partial charge in [-0.1, -0.05) is 24.3 Å². The first-order chi connectivity index (χ1) is 12.4. The molecule has 1 amide bonds. The Kier molecular flexibility index (Phi) is 6.26. The number of amides is 1. The lowest BCUT2D eigenvalue weighted by atomic mass is 10.1. The topological polar surface area (TPSA) is 108 Å². The molecule has 0 aromatic heterocycles. The molecule has 0 aliphatic rings. The summed E-state index contributed by atoms with van der Waals surface area (Å²) in [4.78, 5) is 34.2. The van der Waals surface area contributed by atoms with Crippen LogP contribution in [0.1, 0.15) is 11.1 Å². The molecular weight excluding hydrogens is 340 g/mol. The average molecular weight is 358 g/mol. The van der Waals surface area contributed by atoms with Gasteiger partial charge in [0.1, 0.15) is 11.4 Å². The SMILES string of the molecule is COc1ccc(NC(=O)COC(=O)Cc2ccccc2C)c([N+](=O)[O-])c1. The molecule has 0 aliphatic heterocycles. The highest BCUT2D eigenvalue weighted by Gasteiger charge is 2.18. The number of hydrogen-bond acceptors (Lipinski definition) is 6. The van der Waals surface area contributed by atoms with Gasteiger partial charge in [0, 0.05) is 0 Å². The van der Waals surface area contributed by atoms with Crippen LogP contribution >= 0.6 is 0 Å². The molecule has 0 atom stereocenters. The fraction of sp³-hybridized carbons (Fsp3) is 0.222. The predicted molar refractivity (Wildman–Crippen MR) is 94.1 cm³/mol. The Bertz CT molecular complexity index is 834. The summed E-state index contributed by atoms with van der Waals surface area (Å²) in [6.07, 6.45) is 0.0443. The van der Waals surface area contributed by atoms with Gasteiger partial charge in [0.05, 0.1) is 24.5 Å². The summed E-state index contributed by atoms with van der Waals surface area (Å²) in [7, 11) is 1.38. The molecule has 0 unspecified atom stereocenters. The fourth-order valence-electron chi connectivity index (χ4n) is 2.24. The number of aryl methyl sites for hydroxylation is 1. The zero-order valence-electron chi connectivity index (χ0n) is 14.4. The van der Waals surface area contributed by atoms with Crippen molar-refractivity contribution in [1.29, 1.82) is 0 Å². The quantitative estimate of drug-likeness (QED) is 0.463. The molecular formula is C18H18N2O6. The molecule has 0 radical (unpaired) electrons. The van der Waals surface area contributed by atoms with Crippen LogP contribution < -0.4 is 10.1 Å². The summed E-state index contributed by atoms with van der Waals surface area (Å²) in [5.41, 5.74) is 1.44. The van der Waals surface area contributed by atoms with Gasteiger partial charge in [0.2, 0.25) is 0 Å². The molecule has 2 aromatic carbocycles. The van der Waals surface area contributed by atoms with Crippen molar-refractivity contribution in [2.45, 2.75) is 13.3 Å². The maximum Gasteiger partial charge on any atom is 0.310 e. The molecule has 8 heteroatoms. The van der Waals surface area contributed by atoms with E-state index in [1.165, 1.54) is 25.3 Å². The van der Waals surface area contributed by atoms with Crippen molar-refractivity contribution in [1.82, 2.24) is 0 Å². The molecule has 0 spiro atoms. The van der Waals surface area contributed by atoms with E-state index in [1.807, 2.05) is 25.1 Å². The lowest BCUT2D eigenvalue weighted by molar-refractivity contribution is -0.384. The molecule has 1 N–H and O–H groups in total. The molecule has 8 nitrogen and oxygen atoms in total. The molecule has 136 valence electrons. The summed E-state index contributed by atoms with van der Waals surface area (Å²) < 4.78 is 9.86. The monoisotopic (exact) mass is 358 g/mol. The van der Waals surface area contributed by atoms with E-state index >= 15 is 0 Å². The zero-order valence-corrected chi connectivity index (χ0v) is 14.4. The number of hydrogen-bond donors (Lipinski definition) is 1. The molecule has 26 heavy (non-hydrogen) atoms. The Labute approximate surface area is 149 Å². The third-order valence-corrected chi connectivity index (χ3v) is 3.64. The second-order valence-corrected chi connectivity index (χ2v) is 5.45. The van der Waals surface area contributed by atoms with Gasteiger partial charge in [-0.05, 0) is 30.2 Å². The third-order valence-electron chi connectivity index (χ3n) is 3.64. The van der Waals surface area contributed by atoms with Crippen molar-refractivity contribution in [3.05, 3.63) is 63.7 Å². The predicted octanol–water partition coefficient (Wildman–Crippen LogP) is 2.64. The molecule has 2 aromatic rings. The van der Waals surface area contributed by atoms with Gasteiger partial charge in [-0.3, -0.25) is 19.7 Å². The highest BCUT2D eigenvalue weighted by molar-refractivity contribution is 5.95. The molecule has 0 saturated carbocycles. The van der Waals surface area contributed by atoms with E-state index < -0.39 is 23.4 Å². The first kappa shape index (κ1) is 18.9. The van der Waals surface area contributed by atoms with E-state index in [4.69, 9.17) is 9.47 Å².